The molecule has 0 spiro atoms. The van der Waals surface area contributed by atoms with Gasteiger partial charge in [0.15, 0.2) is 0 Å². The maximum absolute atomic E-state index is 11.9. The van der Waals surface area contributed by atoms with Crippen molar-refractivity contribution >= 4 is 21.4 Å². The number of fused-ring (bicyclic) bond motifs is 1. The minimum Gasteiger partial charge on any atom is -0.377 e. The molecule has 25 heavy (non-hydrogen) atoms. The number of hydrogen-bond donors (Lipinski definition) is 1. The first-order valence-corrected chi connectivity index (χ1v) is 9.66. The van der Waals surface area contributed by atoms with Crippen LogP contribution in [0.15, 0.2) is 23.1 Å². The lowest BCUT2D eigenvalue weighted by Crippen LogP contribution is -2.66. The SMILES string of the molecule is CNS(=O)(=O)c1ccc(N(C)C2C3CCOC3C2(C)C)c([N+](=O)[O-])c1. The highest BCUT2D eigenvalue weighted by Crippen LogP contribution is 2.55. The van der Waals surface area contributed by atoms with Crippen molar-refractivity contribution < 1.29 is 18.1 Å². The largest absolute Gasteiger partial charge is 0.377 e. The third-order valence-corrected chi connectivity index (χ3v) is 6.97. The smallest absolute Gasteiger partial charge is 0.293 e. The standard InChI is InChI=1S/C16H23N3O5S/c1-16(2)14(11-7-8-24-15(11)16)18(4)12-6-5-10(25(22,23)17-3)9-13(12)19(20)21/h5-6,9,11,14-15,17H,7-8H2,1-4H3. The van der Waals surface area contributed by atoms with E-state index in [1.165, 1.54) is 19.2 Å². The summed E-state index contributed by atoms with van der Waals surface area (Å²) in [6.07, 6.45) is 1.10. The van der Waals surface area contributed by atoms with Gasteiger partial charge in [-0.05, 0) is 25.6 Å². The molecule has 0 amide bonds. The Morgan fingerprint density at radius 3 is 2.68 bits per heavy atom. The van der Waals surface area contributed by atoms with Crippen LogP contribution >= 0.6 is 0 Å². The Kier molecular flexibility index (Phi) is 4.29. The summed E-state index contributed by atoms with van der Waals surface area (Å²) in [6.45, 7) is 4.92. The number of nitrogens with one attached hydrogen (secondary N) is 1. The molecule has 2 aliphatic rings. The van der Waals surface area contributed by atoms with Gasteiger partial charge < -0.3 is 9.64 Å². The maximum atomic E-state index is 11.9. The summed E-state index contributed by atoms with van der Waals surface area (Å²) in [7, 11) is -0.633. The molecule has 1 saturated heterocycles. The molecule has 1 heterocycles. The molecule has 3 atom stereocenters. The van der Waals surface area contributed by atoms with Crippen molar-refractivity contribution in [1.29, 1.82) is 0 Å². The predicted molar refractivity (Wildman–Crippen MR) is 93.2 cm³/mol. The van der Waals surface area contributed by atoms with E-state index in [0.717, 1.165) is 12.5 Å². The summed E-state index contributed by atoms with van der Waals surface area (Å²) in [5.74, 6) is 0.334. The molecule has 3 unspecified atom stereocenters. The molecule has 0 radical (unpaired) electrons. The van der Waals surface area contributed by atoms with Crippen LogP contribution in [0.4, 0.5) is 11.4 Å². The minimum absolute atomic E-state index is 0.102. The van der Waals surface area contributed by atoms with Gasteiger partial charge in [-0.15, -0.1) is 0 Å². The lowest BCUT2D eigenvalue weighted by Gasteiger charge is -2.58. The van der Waals surface area contributed by atoms with E-state index in [9.17, 15) is 18.5 Å². The molecule has 1 aliphatic heterocycles. The average molecular weight is 369 g/mol. The number of benzene rings is 1. The average Bonchev–Trinajstić information content (AvgIpc) is 3.00. The van der Waals surface area contributed by atoms with Crippen molar-refractivity contribution in [3.05, 3.63) is 28.3 Å². The zero-order valence-corrected chi connectivity index (χ0v) is 15.5. The van der Waals surface area contributed by atoms with Crippen molar-refractivity contribution in [3.8, 4) is 0 Å². The summed E-state index contributed by atoms with van der Waals surface area (Å²) in [5.41, 5.74) is 0.0833. The van der Waals surface area contributed by atoms with Gasteiger partial charge in [0.25, 0.3) is 5.69 Å². The molecular formula is C16H23N3O5S. The second kappa shape index (κ2) is 5.93. The van der Waals surface area contributed by atoms with Crippen LogP contribution in [0.25, 0.3) is 0 Å². The van der Waals surface area contributed by atoms with E-state index < -0.39 is 14.9 Å². The Labute approximate surface area is 147 Å². The number of hydrogen-bond acceptors (Lipinski definition) is 6. The molecule has 1 saturated carbocycles. The zero-order chi connectivity index (χ0) is 18.6. The zero-order valence-electron chi connectivity index (χ0n) is 14.7. The van der Waals surface area contributed by atoms with Crippen LogP contribution in [-0.2, 0) is 14.8 Å². The molecule has 1 aromatic carbocycles. The summed E-state index contributed by atoms with van der Waals surface area (Å²) in [6, 6.07) is 4.14. The first kappa shape index (κ1) is 18.1. The van der Waals surface area contributed by atoms with E-state index in [4.69, 9.17) is 4.74 Å². The monoisotopic (exact) mass is 369 g/mol. The van der Waals surface area contributed by atoms with E-state index in [1.54, 1.807) is 0 Å². The minimum atomic E-state index is -3.74. The molecule has 1 N–H and O–H groups in total. The number of nitro benzene ring substituents is 1. The Bertz CT molecular complexity index is 808. The number of ether oxygens (including phenoxy) is 1. The van der Waals surface area contributed by atoms with Gasteiger partial charge in [-0.1, -0.05) is 13.8 Å². The molecule has 0 bridgehead atoms. The Morgan fingerprint density at radius 2 is 2.08 bits per heavy atom. The number of nitro groups is 1. The lowest BCUT2D eigenvalue weighted by atomic mass is 9.56. The van der Waals surface area contributed by atoms with Crippen LogP contribution in [-0.4, -0.2) is 46.2 Å². The summed E-state index contributed by atoms with van der Waals surface area (Å²) in [5, 5.41) is 11.6. The normalized spacial score (nSPS) is 27.4. The molecule has 3 rings (SSSR count). The van der Waals surface area contributed by atoms with E-state index in [0.29, 0.717) is 18.2 Å². The summed E-state index contributed by atoms with van der Waals surface area (Å²) in [4.78, 5) is 12.8. The van der Waals surface area contributed by atoms with Crippen molar-refractivity contribution in [3.63, 3.8) is 0 Å². The number of nitrogens with zero attached hydrogens (tertiary/aromatic N) is 2. The maximum Gasteiger partial charge on any atom is 0.293 e. The van der Waals surface area contributed by atoms with Crippen LogP contribution in [0, 0.1) is 21.4 Å². The first-order chi connectivity index (χ1) is 11.6. The molecular weight excluding hydrogens is 346 g/mol. The van der Waals surface area contributed by atoms with Gasteiger partial charge in [-0.2, -0.15) is 0 Å². The van der Waals surface area contributed by atoms with Crippen LogP contribution in [0.2, 0.25) is 0 Å². The van der Waals surface area contributed by atoms with Crippen molar-refractivity contribution in [2.75, 3.05) is 25.6 Å². The highest BCUT2D eigenvalue weighted by Gasteiger charge is 2.61. The summed E-state index contributed by atoms with van der Waals surface area (Å²) < 4.78 is 31.9. The Balaban J connectivity index is 2.01. The van der Waals surface area contributed by atoms with Gasteiger partial charge in [0, 0.05) is 37.1 Å². The van der Waals surface area contributed by atoms with Crippen LogP contribution in [0.3, 0.4) is 0 Å². The number of rotatable bonds is 5. The number of sulfonamides is 1. The van der Waals surface area contributed by atoms with Gasteiger partial charge in [0.05, 0.1) is 15.9 Å². The fourth-order valence-electron chi connectivity index (χ4n) is 4.47. The topological polar surface area (TPSA) is 102 Å². The van der Waals surface area contributed by atoms with Gasteiger partial charge in [0.2, 0.25) is 10.0 Å². The van der Waals surface area contributed by atoms with Gasteiger partial charge in [-0.3, -0.25) is 10.1 Å². The molecule has 9 heteroatoms. The van der Waals surface area contributed by atoms with E-state index in [-0.39, 0.29) is 28.1 Å². The summed E-state index contributed by atoms with van der Waals surface area (Å²) >= 11 is 0. The van der Waals surface area contributed by atoms with Crippen molar-refractivity contribution in [2.24, 2.45) is 11.3 Å². The Hall–Kier alpha value is -1.71. The second-order valence-corrected chi connectivity index (χ2v) is 9.12. The third-order valence-electron chi connectivity index (χ3n) is 5.56. The van der Waals surface area contributed by atoms with Crippen molar-refractivity contribution in [2.45, 2.75) is 37.3 Å². The van der Waals surface area contributed by atoms with Crippen LogP contribution in [0.1, 0.15) is 20.3 Å². The van der Waals surface area contributed by atoms with E-state index in [2.05, 4.69) is 18.6 Å². The fourth-order valence-corrected chi connectivity index (χ4v) is 5.22. The second-order valence-electron chi connectivity index (χ2n) is 7.24. The first-order valence-electron chi connectivity index (χ1n) is 8.17. The molecule has 8 nitrogen and oxygen atoms in total. The predicted octanol–water partition coefficient (Wildman–Crippen LogP) is 1.75. The van der Waals surface area contributed by atoms with Gasteiger partial charge >= 0.3 is 0 Å². The third kappa shape index (κ3) is 2.70. The molecule has 1 aliphatic carbocycles. The number of anilines is 1. The highest BCUT2D eigenvalue weighted by molar-refractivity contribution is 7.89. The van der Waals surface area contributed by atoms with Gasteiger partial charge in [-0.25, -0.2) is 13.1 Å². The van der Waals surface area contributed by atoms with E-state index in [1.807, 2.05) is 11.9 Å². The fraction of sp³-hybridized carbons (Fsp3) is 0.625. The molecule has 138 valence electrons. The molecule has 2 fully saturated rings. The molecule has 0 aromatic heterocycles. The molecule has 1 aromatic rings. The highest BCUT2D eigenvalue weighted by atomic mass is 32.2. The van der Waals surface area contributed by atoms with E-state index >= 15 is 0 Å². The van der Waals surface area contributed by atoms with Crippen LogP contribution < -0.4 is 9.62 Å². The van der Waals surface area contributed by atoms with Crippen LogP contribution in [0.5, 0.6) is 0 Å². The van der Waals surface area contributed by atoms with Crippen molar-refractivity contribution in [1.82, 2.24) is 4.72 Å². The lowest BCUT2D eigenvalue weighted by molar-refractivity contribution is -0.384. The quantitative estimate of drug-likeness (QED) is 0.627. The Morgan fingerprint density at radius 1 is 1.40 bits per heavy atom. The van der Waals surface area contributed by atoms with Gasteiger partial charge in [0.1, 0.15) is 5.69 Å².